The number of rotatable bonds is 4. The van der Waals surface area contributed by atoms with Gasteiger partial charge in [0.2, 0.25) is 0 Å². The summed E-state index contributed by atoms with van der Waals surface area (Å²) in [4.78, 5) is 4.75. The van der Waals surface area contributed by atoms with Crippen LogP contribution in [0.25, 0.3) is 22.2 Å². The van der Waals surface area contributed by atoms with Crippen LogP contribution in [0.15, 0.2) is 95.9 Å². The van der Waals surface area contributed by atoms with Gasteiger partial charge in [0, 0.05) is 10.9 Å². The molecule has 4 rings (SSSR count). The molecule has 0 aliphatic carbocycles. The number of fused-ring (bicyclic) bond motifs is 1. The van der Waals surface area contributed by atoms with Gasteiger partial charge in [0.05, 0.1) is 11.2 Å². The molecule has 0 unspecified atom stereocenters. The minimum absolute atomic E-state index is 0.112. The summed E-state index contributed by atoms with van der Waals surface area (Å²) >= 11 is 0. The fourth-order valence-electron chi connectivity index (χ4n) is 2.72. The van der Waals surface area contributed by atoms with E-state index in [9.17, 15) is 8.42 Å². The summed E-state index contributed by atoms with van der Waals surface area (Å²) in [5.41, 5.74) is 2.12. The van der Waals surface area contributed by atoms with Gasteiger partial charge in [-0.05, 0) is 36.4 Å². The zero-order valence-electron chi connectivity index (χ0n) is 13.7. The highest BCUT2D eigenvalue weighted by Crippen LogP contribution is 2.31. The van der Waals surface area contributed by atoms with Crippen LogP contribution in [0.1, 0.15) is 0 Å². The first-order valence-electron chi connectivity index (χ1n) is 8.08. The lowest BCUT2D eigenvalue weighted by molar-refractivity contribution is 0.487. The average Bonchev–Trinajstić information content (AvgIpc) is 2.68. The molecule has 0 bridgehead atoms. The van der Waals surface area contributed by atoms with Gasteiger partial charge in [-0.25, -0.2) is 4.98 Å². The van der Waals surface area contributed by atoms with Gasteiger partial charge in [-0.2, -0.15) is 8.42 Å². The zero-order chi connectivity index (χ0) is 18.0. The molecular formula is C21H15NO3S. The lowest BCUT2D eigenvalue weighted by Gasteiger charge is -2.11. The second-order valence-corrected chi connectivity index (χ2v) is 7.28. The molecule has 0 saturated heterocycles. The molecule has 0 fully saturated rings. The van der Waals surface area contributed by atoms with Crippen LogP contribution in [0, 0.1) is 0 Å². The van der Waals surface area contributed by atoms with Gasteiger partial charge in [0.1, 0.15) is 4.90 Å². The second kappa shape index (κ2) is 6.61. The van der Waals surface area contributed by atoms with Crippen LogP contribution in [0.5, 0.6) is 5.75 Å². The summed E-state index contributed by atoms with van der Waals surface area (Å²) in [5, 5.41) is 1.02. The molecule has 0 atom stereocenters. The maximum absolute atomic E-state index is 12.6. The van der Waals surface area contributed by atoms with Gasteiger partial charge < -0.3 is 4.18 Å². The van der Waals surface area contributed by atoms with E-state index in [4.69, 9.17) is 4.18 Å². The Morgan fingerprint density at radius 3 is 2.23 bits per heavy atom. The van der Waals surface area contributed by atoms with Crippen molar-refractivity contribution in [3.63, 3.8) is 0 Å². The van der Waals surface area contributed by atoms with E-state index in [1.54, 1.807) is 36.4 Å². The van der Waals surface area contributed by atoms with E-state index in [2.05, 4.69) is 4.98 Å². The molecule has 0 N–H and O–H groups in total. The molecule has 0 spiro atoms. The van der Waals surface area contributed by atoms with E-state index in [0.29, 0.717) is 11.3 Å². The molecule has 26 heavy (non-hydrogen) atoms. The molecule has 1 heterocycles. The minimum atomic E-state index is -3.91. The van der Waals surface area contributed by atoms with Crippen molar-refractivity contribution in [2.45, 2.75) is 4.90 Å². The maximum atomic E-state index is 12.6. The van der Waals surface area contributed by atoms with Crippen LogP contribution in [0.2, 0.25) is 0 Å². The predicted molar refractivity (Wildman–Crippen MR) is 101 cm³/mol. The number of nitrogens with zero attached hydrogens (tertiary/aromatic N) is 1. The Labute approximate surface area is 151 Å². The third-order valence-electron chi connectivity index (χ3n) is 3.99. The lowest BCUT2D eigenvalue weighted by atomic mass is 10.1. The van der Waals surface area contributed by atoms with E-state index in [1.165, 1.54) is 12.1 Å². The van der Waals surface area contributed by atoms with E-state index in [-0.39, 0.29) is 10.6 Å². The van der Waals surface area contributed by atoms with Crippen LogP contribution in [-0.2, 0) is 10.1 Å². The normalized spacial score (nSPS) is 11.4. The van der Waals surface area contributed by atoms with Gasteiger partial charge in [0.25, 0.3) is 0 Å². The molecule has 1 aromatic heterocycles. The second-order valence-electron chi connectivity index (χ2n) is 5.74. The summed E-state index contributed by atoms with van der Waals surface area (Å²) in [6.07, 6.45) is 0. The topological polar surface area (TPSA) is 56.3 Å². The van der Waals surface area contributed by atoms with Crippen molar-refractivity contribution in [1.82, 2.24) is 4.98 Å². The van der Waals surface area contributed by atoms with E-state index in [1.807, 2.05) is 42.5 Å². The van der Waals surface area contributed by atoms with Crippen LogP contribution < -0.4 is 4.18 Å². The predicted octanol–water partition coefficient (Wildman–Crippen LogP) is 4.67. The first-order chi connectivity index (χ1) is 12.6. The fraction of sp³-hybridized carbons (Fsp3) is 0. The third kappa shape index (κ3) is 3.17. The Morgan fingerprint density at radius 1 is 0.692 bits per heavy atom. The highest BCUT2D eigenvalue weighted by Gasteiger charge is 2.19. The summed E-state index contributed by atoms with van der Waals surface area (Å²) in [5.74, 6) is 0.249. The Bertz CT molecular complexity index is 1170. The van der Waals surface area contributed by atoms with Crippen molar-refractivity contribution in [1.29, 1.82) is 0 Å². The fourth-order valence-corrected chi connectivity index (χ4v) is 3.69. The van der Waals surface area contributed by atoms with Crippen molar-refractivity contribution in [3.05, 3.63) is 91.0 Å². The van der Waals surface area contributed by atoms with Crippen LogP contribution in [0.3, 0.4) is 0 Å². The zero-order valence-corrected chi connectivity index (χ0v) is 14.6. The molecule has 0 aliphatic heterocycles. The number of aromatic nitrogens is 1. The lowest BCUT2D eigenvalue weighted by Crippen LogP contribution is -2.10. The molecule has 0 radical (unpaired) electrons. The monoisotopic (exact) mass is 361 g/mol. The van der Waals surface area contributed by atoms with Crippen LogP contribution in [-0.4, -0.2) is 13.4 Å². The van der Waals surface area contributed by atoms with Gasteiger partial charge in [-0.1, -0.05) is 54.6 Å². The Hall–Kier alpha value is -3.18. The number of hydrogen-bond donors (Lipinski definition) is 0. The number of hydrogen-bond acceptors (Lipinski definition) is 4. The highest BCUT2D eigenvalue weighted by molar-refractivity contribution is 7.87. The first-order valence-corrected chi connectivity index (χ1v) is 9.49. The third-order valence-corrected chi connectivity index (χ3v) is 5.24. The van der Waals surface area contributed by atoms with Gasteiger partial charge in [0.15, 0.2) is 5.75 Å². The van der Waals surface area contributed by atoms with Crippen molar-refractivity contribution >= 4 is 21.0 Å². The molecule has 4 aromatic rings. The number of benzene rings is 3. The molecule has 0 aliphatic rings. The summed E-state index contributed by atoms with van der Waals surface area (Å²) in [7, 11) is -3.91. The summed E-state index contributed by atoms with van der Waals surface area (Å²) in [6.45, 7) is 0. The standard InChI is InChI=1S/C21H15NO3S/c23-26(24,17-9-2-1-3-10-17)25-21-13-7-5-11-18(21)20-15-14-16-8-4-6-12-19(16)22-20/h1-15H. The maximum Gasteiger partial charge on any atom is 0.339 e. The van der Waals surface area contributed by atoms with Gasteiger partial charge in [-0.15, -0.1) is 0 Å². The van der Waals surface area contributed by atoms with E-state index >= 15 is 0 Å². The summed E-state index contributed by atoms with van der Waals surface area (Å²) < 4.78 is 30.5. The molecule has 5 heteroatoms. The van der Waals surface area contributed by atoms with Crippen molar-refractivity contribution < 1.29 is 12.6 Å². The Morgan fingerprint density at radius 2 is 1.38 bits per heavy atom. The molecule has 3 aromatic carbocycles. The van der Waals surface area contributed by atoms with Crippen LogP contribution in [0.4, 0.5) is 0 Å². The quantitative estimate of drug-likeness (QED) is 0.496. The smallest absolute Gasteiger partial charge is 0.339 e. The Balaban J connectivity index is 1.77. The number of para-hydroxylation sites is 2. The SMILES string of the molecule is O=S(=O)(Oc1ccccc1-c1ccc2ccccc2n1)c1ccccc1. The highest BCUT2D eigenvalue weighted by atomic mass is 32.2. The van der Waals surface area contributed by atoms with Crippen molar-refractivity contribution in [2.24, 2.45) is 0 Å². The largest absolute Gasteiger partial charge is 0.378 e. The average molecular weight is 361 g/mol. The molecule has 128 valence electrons. The van der Waals surface area contributed by atoms with E-state index < -0.39 is 10.1 Å². The molecule has 0 saturated carbocycles. The minimum Gasteiger partial charge on any atom is -0.378 e. The summed E-state index contributed by atoms with van der Waals surface area (Å²) in [6, 6.07) is 26.7. The van der Waals surface area contributed by atoms with Crippen molar-refractivity contribution in [3.8, 4) is 17.0 Å². The molecule has 4 nitrogen and oxygen atoms in total. The molecular weight excluding hydrogens is 346 g/mol. The number of pyridine rings is 1. The van der Waals surface area contributed by atoms with E-state index in [0.717, 1.165) is 10.9 Å². The molecule has 0 amide bonds. The van der Waals surface area contributed by atoms with Gasteiger partial charge in [-0.3, -0.25) is 0 Å². The first kappa shape index (κ1) is 16.3. The Kier molecular flexibility index (Phi) is 4.14. The van der Waals surface area contributed by atoms with Crippen molar-refractivity contribution in [2.75, 3.05) is 0 Å². The van der Waals surface area contributed by atoms with Gasteiger partial charge >= 0.3 is 10.1 Å². The van der Waals surface area contributed by atoms with Crippen LogP contribution >= 0.6 is 0 Å².